The fraction of sp³-hybridized carbons (Fsp3) is 0.0145. The van der Waals surface area contributed by atoms with Gasteiger partial charge in [0.25, 0.3) is 0 Å². The number of para-hydroxylation sites is 6. The van der Waals surface area contributed by atoms with Crippen LogP contribution in [0.15, 0.2) is 264 Å². The fourth-order valence-electron chi connectivity index (χ4n) is 12.9. The molecule has 0 amide bonds. The van der Waals surface area contributed by atoms with Gasteiger partial charge in [-0.1, -0.05) is 158 Å². The summed E-state index contributed by atoms with van der Waals surface area (Å²) in [5.41, 5.74) is 19.0. The van der Waals surface area contributed by atoms with Crippen molar-refractivity contribution in [2.45, 2.75) is 5.41 Å². The first kappa shape index (κ1) is 40.1. The average Bonchev–Trinajstić information content (AvgIpc) is 4.23. The number of fused-ring (bicyclic) bond motifs is 20. The summed E-state index contributed by atoms with van der Waals surface area (Å²) in [6.45, 7) is 0. The van der Waals surface area contributed by atoms with Crippen LogP contribution >= 0.6 is 0 Å². The number of furan rings is 2. The van der Waals surface area contributed by atoms with E-state index in [-0.39, 0.29) is 0 Å². The number of hydrogen-bond acceptors (Lipinski definition) is 4. The van der Waals surface area contributed by atoms with Crippen LogP contribution in [0, 0.1) is 0 Å². The number of rotatable bonds is 6. The standard InChI is InChI=1S/C69H42N2O2/c1-5-21-43(22-6-1)70(44-23-7-2-8-24-44)61-41-59-67(55-39-65-53(37-51(55)61)49-31-15-19-35-63(49)72-65)68-56-40-66-54(50-32-16-20-36-64(50)73-66)38-52(56)62(71(45-25-9-3-10-26-45)46-27-11-4-12-28-46)42-60(68)69(59)57-33-17-13-29-47(57)48-30-14-18-34-58(48)69/h1-42H. The normalized spacial score (nSPS) is 13.0. The van der Waals surface area contributed by atoms with E-state index in [0.29, 0.717) is 0 Å². The average molecular weight is 931 g/mol. The summed E-state index contributed by atoms with van der Waals surface area (Å²) in [4.78, 5) is 4.91. The van der Waals surface area contributed by atoms with Crippen molar-refractivity contribution in [3.8, 4) is 22.3 Å². The van der Waals surface area contributed by atoms with Crippen molar-refractivity contribution in [2.75, 3.05) is 9.80 Å². The first-order valence-electron chi connectivity index (χ1n) is 25.1. The van der Waals surface area contributed by atoms with E-state index in [9.17, 15) is 0 Å². The van der Waals surface area contributed by atoms with E-state index in [0.717, 1.165) is 99.5 Å². The fourth-order valence-corrected chi connectivity index (χ4v) is 12.9. The number of anilines is 6. The summed E-state index contributed by atoms with van der Waals surface area (Å²) in [6, 6.07) is 93.0. The molecule has 4 nitrogen and oxygen atoms in total. The molecule has 14 aromatic rings. The van der Waals surface area contributed by atoms with Gasteiger partial charge in [-0.25, -0.2) is 0 Å². The molecule has 2 aliphatic carbocycles. The highest BCUT2D eigenvalue weighted by Gasteiger charge is 2.53. The topological polar surface area (TPSA) is 32.8 Å². The minimum absolute atomic E-state index is 0.756. The van der Waals surface area contributed by atoms with Gasteiger partial charge in [-0.2, -0.15) is 0 Å². The van der Waals surface area contributed by atoms with Crippen molar-refractivity contribution in [1.29, 1.82) is 0 Å². The molecular weight excluding hydrogens is 889 g/mol. The van der Waals surface area contributed by atoms with Gasteiger partial charge in [-0.3, -0.25) is 0 Å². The predicted molar refractivity (Wildman–Crippen MR) is 302 cm³/mol. The van der Waals surface area contributed by atoms with Gasteiger partial charge >= 0.3 is 0 Å². The minimum Gasteiger partial charge on any atom is -0.456 e. The molecule has 0 fully saturated rings. The molecule has 4 heteroatoms. The van der Waals surface area contributed by atoms with Crippen LogP contribution < -0.4 is 9.80 Å². The Labute approximate surface area is 420 Å². The lowest BCUT2D eigenvalue weighted by atomic mass is 9.70. The van der Waals surface area contributed by atoms with Crippen LogP contribution in [0.5, 0.6) is 0 Å². The highest BCUT2D eigenvalue weighted by molar-refractivity contribution is 6.24. The maximum Gasteiger partial charge on any atom is 0.136 e. The van der Waals surface area contributed by atoms with Crippen molar-refractivity contribution >= 4 is 99.5 Å². The molecule has 0 radical (unpaired) electrons. The van der Waals surface area contributed by atoms with Crippen LogP contribution in [-0.4, -0.2) is 0 Å². The molecule has 340 valence electrons. The molecule has 16 rings (SSSR count). The first-order chi connectivity index (χ1) is 36.2. The van der Waals surface area contributed by atoms with Crippen molar-refractivity contribution in [3.05, 3.63) is 277 Å². The van der Waals surface area contributed by atoms with E-state index in [1.807, 2.05) is 0 Å². The molecule has 0 atom stereocenters. The lowest BCUT2D eigenvalue weighted by Gasteiger charge is -2.34. The quantitative estimate of drug-likeness (QED) is 0.166. The number of nitrogens with zero attached hydrogens (tertiary/aromatic N) is 2. The zero-order chi connectivity index (χ0) is 47.8. The van der Waals surface area contributed by atoms with E-state index in [4.69, 9.17) is 8.83 Å². The third-order valence-electron chi connectivity index (χ3n) is 15.8. The van der Waals surface area contributed by atoms with Gasteiger partial charge < -0.3 is 18.6 Å². The van der Waals surface area contributed by atoms with Crippen molar-refractivity contribution in [1.82, 2.24) is 0 Å². The van der Waals surface area contributed by atoms with Gasteiger partial charge in [0.1, 0.15) is 22.3 Å². The molecule has 0 bridgehead atoms. The maximum absolute atomic E-state index is 6.90. The molecule has 0 saturated heterocycles. The SMILES string of the molecule is c1ccc(N(c2ccccc2)c2cc3c(c4cc5oc6ccccc6c5cc24)-c2c(cc(N(c4ccccc4)c4ccccc4)c4cc5c(cc24)oc2ccccc25)C32c3ccccc3-c3ccccc32)cc1. The minimum atomic E-state index is -0.756. The number of hydrogen-bond donors (Lipinski definition) is 0. The zero-order valence-electron chi connectivity index (χ0n) is 39.5. The number of benzene rings is 12. The Bertz CT molecular complexity index is 4180. The summed E-state index contributed by atoms with van der Waals surface area (Å²) < 4.78 is 13.8. The molecule has 12 aromatic carbocycles. The monoisotopic (exact) mass is 930 g/mol. The second-order valence-electron chi connectivity index (χ2n) is 19.5. The maximum atomic E-state index is 6.90. The summed E-state index contributed by atoms with van der Waals surface area (Å²) in [6.07, 6.45) is 0. The first-order valence-corrected chi connectivity index (χ1v) is 25.1. The van der Waals surface area contributed by atoms with Crippen LogP contribution in [0.2, 0.25) is 0 Å². The Morgan fingerprint density at radius 2 is 0.589 bits per heavy atom. The molecule has 2 aliphatic rings. The molecule has 2 heterocycles. The molecule has 0 unspecified atom stereocenters. The molecular formula is C69H42N2O2. The highest BCUT2D eigenvalue weighted by atomic mass is 16.3. The zero-order valence-corrected chi connectivity index (χ0v) is 39.5. The third kappa shape index (κ3) is 5.55. The molecule has 1 spiro atoms. The summed E-state index contributed by atoms with van der Waals surface area (Å²) in [5, 5.41) is 8.86. The largest absolute Gasteiger partial charge is 0.456 e. The molecule has 2 aromatic heterocycles. The van der Waals surface area contributed by atoms with Gasteiger partial charge in [0, 0.05) is 55.1 Å². The van der Waals surface area contributed by atoms with E-state index in [1.165, 1.54) is 44.5 Å². The molecule has 73 heavy (non-hydrogen) atoms. The Kier molecular flexibility index (Phi) is 8.35. The second-order valence-corrected chi connectivity index (χ2v) is 19.5. The Hall–Kier alpha value is -9.64. The van der Waals surface area contributed by atoms with Gasteiger partial charge in [0.05, 0.1) is 16.8 Å². The lowest BCUT2D eigenvalue weighted by Crippen LogP contribution is -2.26. The van der Waals surface area contributed by atoms with Crippen molar-refractivity contribution < 1.29 is 8.83 Å². The highest BCUT2D eigenvalue weighted by Crippen LogP contribution is 2.67. The third-order valence-corrected chi connectivity index (χ3v) is 15.8. The summed E-state index contributed by atoms with van der Waals surface area (Å²) >= 11 is 0. The van der Waals surface area contributed by atoms with Gasteiger partial charge in [-0.05, 0) is 152 Å². The van der Waals surface area contributed by atoms with E-state index < -0.39 is 5.41 Å². The van der Waals surface area contributed by atoms with Gasteiger partial charge in [-0.15, -0.1) is 0 Å². The second kappa shape index (κ2) is 15.2. The van der Waals surface area contributed by atoms with E-state index in [2.05, 4.69) is 265 Å². The van der Waals surface area contributed by atoms with E-state index >= 15 is 0 Å². The smallest absolute Gasteiger partial charge is 0.136 e. The Balaban J connectivity index is 1.15. The predicted octanol–water partition coefficient (Wildman–Crippen LogP) is 19.1. The van der Waals surface area contributed by atoms with Crippen LogP contribution in [0.3, 0.4) is 0 Å². The Morgan fingerprint density at radius 3 is 0.986 bits per heavy atom. The summed E-state index contributed by atoms with van der Waals surface area (Å²) in [7, 11) is 0. The summed E-state index contributed by atoms with van der Waals surface area (Å²) in [5.74, 6) is 0. The van der Waals surface area contributed by atoms with Crippen molar-refractivity contribution in [2.24, 2.45) is 0 Å². The van der Waals surface area contributed by atoms with Gasteiger partial charge in [0.2, 0.25) is 0 Å². The Morgan fingerprint density at radius 1 is 0.247 bits per heavy atom. The lowest BCUT2D eigenvalue weighted by molar-refractivity contribution is 0.669. The van der Waals surface area contributed by atoms with E-state index in [1.54, 1.807) is 0 Å². The van der Waals surface area contributed by atoms with Crippen LogP contribution in [0.1, 0.15) is 22.3 Å². The van der Waals surface area contributed by atoms with Crippen LogP contribution in [0.25, 0.3) is 87.7 Å². The van der Waals surface area contributed by atoms with Crippen LogP contribution in [-0.2, 0) is 5.41 Å². The molecule has 0 N–H and O–H groups in total. The molecule has 0 aliphatic heterocycles. The van der Waals surface area contributed by atoms with Crippen LogP contribution in [0.4, 0.5) is 34.1 Å². The van der Waals surface area contributed by atoms with Crippen molar-refractivity contribution in [3.63, 3.8) is 0 Å². The van der Waals surface area contributed by atoms with Gasteiger partial charge in [0.15, 0.2) is 0 Å². The molecule has 0 saturated carbocycles.